The minimum absolute atomic E-state index is 0.139. The number of nitrogens with two attached hydrogens (primary N) is 1. The first-order chi connectivity index (χ1) is 9.96. The highest BCUT2D eigenvalue weighted by atomic mass is 35.5. The Morgan fingerprint density at radius 2 is 2.14 bits per heavy atom. The number of rotatable bonds is 5. The van der Waals surface area contributed by atoms with Gasteiger partial charge in [0.2, 0.25) is 0 Å². The summed E-state index contributed by atoms with van der Waals surface area (Å²) in [7, 11) is 0. The molecule has 21 heavy (non-hydrogen) atoms. The van der Waals surface area contributed by atoms with E-state index >= 15 is 0 Å². The van der Waals surface area contributed by atoms with Crippen LogP contribution in [0.2, 0.25) is 5.02 Å². The predicted molar refractivity (Wildman–Crippen MR) is 84.7 cm³/mol. The Morgan fingerprint density at radius 3 is 2.76 bits per heavy atom. The average molecular weight is 311 g/mol. The highest BCUT2D eigenvalue weighted by molar-refractivity contribution is 6.32. The van der Waals surface area contributed by atoms with E-state index < -0.39 is 6.10 Å². The summed E-state index contributed by atoms with van der Waals surface area (Å²) >= 11 is 6.09. The van der Waals surface area contributed by atoms with Gasteiger partial charge >= 0.3 is 0 Å². The van der Waals surface area contributed by atoms with Gasteiger partial charge in [-0.05, 0) is 44.4 Å². The fourth-order valence-electron chi connectivity index (χ4n) is 2.74. The van der Waals surface area contributed by atoms with Gasteiger partial charge in [-0.3, -0.25) is 4.79 Å². The maximum atomic E-state index is 12.3. The summed E-state index contributed by atoms with van der Waals surface area (Å²) in [6.45, 7) is 4.15. The van der Waals surface area contributed by atoms with Crippen LogP contribution in [0.15, 0.2) is 18.2 Å². The average Bonchev–Trinajstić information content (AvgIpc) is 2.92. The maximum absolute atomic E-state index is 12.3. The van der Waals surface area contributed by atoms with E-state index in [-0.39, 0.29) is 11.4 Å². The molecule has 0 saturated heterocycles. The second kappa shape index (κ2) is 6.67. The Labute approximate surface area is 131 Å². The summed E-state index contributed by atoms with van der Waals surface area (Å²) in [6, 6.07) is 5.51. The van der Waals surface area contributed by atoms with E-state index in [0.29, 0.717) is 17.3 Å². The van der Waals surface area contributed by atoms with Crippen molar-refractivity contribution in [2.24, 2.45) is 5.73 Å². The molecule has 1 unspecified atom stereocenters. The number of benzene rings is 1. The molecule has 1 aromatic rings. The van der Waals surface area contributed by atoms with Crippen molar-refractivity contribution in [2.45, 2.75) is 51.2 Å². The zero-order chi connectivity index (χ0) is 15.5. The van der Waals surface area contributed by atoms with Gasteiger partial charge in [-0.1, -0.05) is 30.5 Å². The molecule has 0 radical (unpaired) electrons. The third kappa shape index (κ3) is 3.89. The van der Waals surface area contributed by atoms with Crippen molar-refractivity contribution in [3.63, 3.8) is 0 Å². The van der Waals surface area contributed by atoms with Gasteiger partial charge in [0.15, 0.2) is 6.10 Å². The van der Waals surface area contributed by atoms with Gasteiger partial charge in [0, 0.05) is 6.54 Å². The number of carbonyl (C=O) groups is 1. The molecule has 0 aromatic heterocycles. The Hall–Kier alpha value is -1.26. The lowest BCUT2D eigenvalue weighted by Gasteiger charge is -2.30. The molecule has 0 heterocycles. The molecular formula is C16H23ClN2O2. The topological polar surface area (TPSA) is 64.3 Å². The fraction of sp³-hybridized carbons (Fsp3) is 0.562. The molecule has 1 amide bonds. The van der Waals surface area contributed by atoms with Crippen LogP contribution in [0.25, 0.3) is 0 Å². The van der Waals surface area contributed by atoms with Crippen LogP contribution in [-0.2, 0) is 4.79 Å². The zero-order valence-electron chi connectivity index (χ0n) is 12.6. The van der Waals surface area contributed by atoms with Crippen molar-refractivity contribution < 1.29 is 9.53 Å². The molecule has 3 N–H and O–H groups in total. The molecule has 1 saturated carbocycles. The normalized spacial score (nSPS) is 18.3. The van der Waals surface area contributed by atoms with Crippen molar-refractivity contribution in [1.82, 2.24) is 5.32 Å². The number of halogens is 1. The second-order valence-corrected chi connectivity index (χ2v) is 6.28. The van der Waals surface area contributed by atoms with E-state index in [2.05, 4.69) is 5.32 Å². The van der Waals surface area contributed by atoms with Gasteiger partial charge in [0.25, 0.3) is 5.91 Å². The molecule has 0 aliphatic heterocycles. The van der Waals surface area contributed by atoms with E-state index in [4.69, 9.17) is 22.1 Å². The van der Waals surface area contributed by atoms with Crippen LogP contribution < -0.4 is 15.8 Å². The zero-order valence-corrected chi connectivity index (χ0v) is 13.4. The maximum Gasteiger partial charge on any atom is 0.261 e. The van der Waals surface area contributed by atoms with Gasteiger partial charge in [0.1, 0.15) is 5.75 Å². The number of hydrogen-bond donors (Lipinski definition) is 2. The van der Waals surface area contributed by atoms with Gasteiger partial charge in [-0.25, -0.2) is 0 Å². The molecule has 1 aliphatic rings. The van der Waals surface area contributed by atoms with Gasteiger partial charge < -0.3 is 15.8 Å². The quantitative estimate of drug-likeness (QED) is 0.879. The Balaban J connectivity index is 2.01. The van der Waals surface area contributed by atoms with E-state index in [1.807, 2.05) is 19.1 Å². The number of ether oxygens (including phenoxy) is 1. The third-order valence-corrected chi connectivity index (χ3v) is 4.41. The highest BCUT2D eigenvalue weighted by Crippen LogP contribution is 2.29. The Bertz CT molecular complexity index is 513. The van der Waals surface area contributed by atoms with Crippen molar-refractivity contribution in [3.8, 4) is 5.75 Å². The van der Waals surface area contributed by atoms with Crippen molar-refractivity contribution in [1.29, 1.82) is 0 Å². The summed E-state index contributed by atoms with van der Waals surface area (Å²) in [6.07, 6.45) is 3.49. The lowest BCUT2D eigenvalue weighted by molar-refractivity contribution is -0.129. The van der Waals surface area contributed by atoms with Gasteiger partial charge in [-0.15, -0.1) is 0 Å². The molecule has 0 spiro atoms. The largest absolute Gasteiger partial charge is 0.479 e. The lowest BCUT2D eigenvalue weighted by Crippen LogP contribution is -2.54. The van der Waals surface area contributed by atoms with E-state index in [1.165, 1.54) is 0 Å². The lowest BCUT2D eigenvalue weighted by atomic mass is 9.97. The molecule has 1 atom stereocenters. The number of hydrogen-bond acceptors (Lipinski definition) is 3. The van der Waals surface area contributed by atoms with Crippen molar-refractivity contribution >= 4 is 17.5 Å². The van der Waals surface area contributed by atoms with Crippen LogP contribution in [0.1, 0.15) is 38.2 Å². The van der Waals surface area contributed by atoms with Crippen LogP contribution in [0.3, 0.4) is 0 Å². The summed E-state index contributed by atoms with van der Waals surface area (Å²) in [5.74, 6) is 0.396. The predicted octanol–water partition coefficient (Wildman–Crippen LogP) is 2.80. The first kappa shape index (κ1) is 16.1. The fourth-order valence-corrected chi connectivity index (χ4v) is 2.90. The van der Waals surface area contributed by atoms with Crippen molar-refractivity contribution in [2.75, 3.05) is 6.54 Å². The third-order valence-electron chi connectivity index (χ3n) is 4.10. The van der Waals surface area contributed by atoms with Crippen molar-refractivity contribution in [3.05, 3.63) is 28.8 Å². The summed E-state index contributed by atoms with van der Waals surface area (Å²) in [5, 5.41) is 3.57. The SMILES string of the molecule is Cc1ccc(Cl)c(OC(C)C(=O)NC2(CN)CCCC2)c1. The first-order valence-corrected chi connectivity index (χ1v) is 7.78. The summed E-state index contributed by atoms with van der Waals surface area (Å²) in [5.41, 5.74) is 6.62. The van der Waals surface area contributed by atoms with Crippen LogP contribution in [0.4, 0.5) is 0 Å². The Morgan fingerprint density at radius 1 is 1.48 bits per heavy atom. The minimum atomic E-state index is -0.603. The summed E-state index contributed by atoms with van der Waals surface area (Å²) in [4.78, 5) is 12.3. The minimum Gasteiger partial charge on any atom is -0.479 e. The molecule has 4 nitrogen and oxygen atoms in total. The van der Waals surface area contributed by atoms with E-state index in [1.54, 1.807) is 13.0 Å². The molecule has 5 heteroatoms. The van der Waals surface area contributed by atoms with Crippen LogP contribution >= 0.6 is 11.6 Å². The number of carbonyl (C=O) groups excluding carboxylic acids is 1. The molecule has 1 aliphatic carbocycles. The van der Waals surface area contributed by atoms with Crippen LogP contribution in [-0.4, -0.2) is 24.1 Å². The number of nitrogens with one attached hydrogen (secondary N) is 1. The molecule has 116 valence electrons. The molecule has 1 fully saturated rings. The van der Waals surface area contributed by atoms with Crippen LogP contribution in [0.5, 0.6) is 5.75 Å². The molecule has 0 bridgehead atoms. The molecular weight excluding hydrogens is 288 g/mol. The van der Waals surface area contributed by atoms with Gasteiger partial charge in [-0.2, -0.15) is 0 Å². The Kier molecular flexibility index (Phi) is 5.12. The number of amides is 1. The highest BCUT2D eigenvalue weighted by Gasteiger charge is 2.35. The second-order valence-electron chi connectivity index (χ2n) is 5.87. The number of aryl methyl sites for hydroxylation is 1. The van der Waals surface area contributed by atoms with E-state index in [9.17, 15) is 4.79 Å². The molecule has 2 rings (SSSR count). The first-order valence-electron chi connectivity index (χ1n) is 7.41. The smallest absolute Gasteiger partial charge is 0.261 e. The van der Waals surface area contributed by atoms with E-state index in [0.717, 1.165) is 31.2 Å². The van der Waals surface area contributed by atoms with Crippen LogP contribution in [0, 0.1) is 6.92 Å². The monoisotopic (exact) mass is 310 g/mol. The van der Waals surface area contributed by atoms with Gasteiger partial charge in [0.05, 0.1) is 10.6 Å². The standard InChI is InChI=1S/C16H23ClN2O2/c1-11-5-6-13(17)14(9-11)21-12(2)15(20)19-16(10-18)7-3-4-8-16/h5-6,9,12H,3-4,7-8,10,18H2,1-2H3,(H,19,20). The molecule has 1 aromatic carbocycles. The summed E-state index contributed by atoms with van der Waals surface area (Å²) < 4.78 is 5.70.